The van der Waals surface area contributed by atoms with E-state index in [4.69, 9.17) is 10.5 Å². The van der Waals surface area contributed by atoms with Crippen LogP contribution in [0.15, 0.2) is 6.07 Å². The average Bonchev–Trinajstić information content (AvgIpc) is 2.99. The fraction of sp³-hybridized carbons (Fsp3) is 0.722. The predicted molar refractivity (Wildman–Crippen MR) is 102 cm³/mol. The van der Waals surface area contributed by atoms with Gasteiger partial charge < -0.3 is 25.4 Å². The fourth-order valence-electron chi connectivity index (χ4n) is 4.67. The molecule has 148 valence electrons. The largest absolute Gasteiger partial charge is 0.480 e. The Kier molecular flexibility index (Phi) is 4.81. The van der Waals surface area contributed by atoms with Crippen LogP contribution in [-0.2, 0) is 9.53 Å². The molecule has 0 aromatic carbocycles. The first-order chi connectivity index (χ1) is 13.0. The van der Waals surface area contributed by atoms with Gasteiger partial charge in [-0.2, -0.15) is 9.97 Å². The summed E-state index contributed by atoms with van der Waals surface area (Å²) in [5.74, 6) is 1.30. The molecule has 1 atom stereocenters. The number of ether oxygens (including phenoxy) is 1. The summed E-state index contributed by atoms with van der Waals surface area (Å²) in [6.45, 7) is 5.58. The molecule has 4 rings (SSSR count). The van der Waals surface area contributed by atoms with Crippen LogP contribution in [0.2, 0.25) is 0 Å². The van der Waals surface area contributed by atoms with E-state index in [0.29, 0.717) is 19.2 Å². The third kappa shape index (κ3) is 3.66. The molecule has 9 heteroatoms. The Morgan fingerprint density at radius 1 is 1.19 bits per heavy atom. The van der Waals surface area contributed by atoms with Crippen molar-refractivity contribution in [3.63, 3.8) is 0 Å². The van der Waals surface area contributed by atoms with Gasteiger partial charge in [-0.25, -0.2) is 0 Å². The first-order valence-corrected chi connectivity index (χ1v) is 9.61. The zero-order chi connectivity index (χ0) is 19.0. The molecule has 0 radical (unpaired) electrons. The van der Waals surface area contributed by atoms with Crippen LogP contribution >= 0.6 is 0 Å². The molecule has 1 spiro atoms. The number of likely N-dealkylation sites (N-methyl/N-ethyl adjacent to an activating group) is 1. The van der Waals surface area contributed by atoms with E-state index in [1.54, 1.807) is 0 Å². The van der Waals surface area contributed by atoms with Gasteiger partial charge in [0.05, 0.1) is 13.2 Å². The van der Waals surface area contributed by atoms with Crippen LogP contribution in [0.1, 0.15) is 19.3 Å². The van der Waals surface area contributed by atoms with Crippen molar-refractivity contribution in [2.75, 3.05) is 68.5 Å². The van der Waals surface area contributed by atoms with Crippen molar-refractivity contribution in [3.05, 3.63) is 6.07 Å². The first-order valence-electron chi connectivity index (χ1n) is 9.61. The van der Waals surface area contributed by atoms with Gasteiger partial charge in [0.25, 0.3) is 0 Å². The lowest BCUT2D eigenvalue weighted by Crippen LogP contribution is -2.42. The predicted octanol–water partition coefficient (Wildman–Crippen LogP) is 0.271. The lowest BCUT2D eigenvalue weighted by Gasteiger charge is -2.40. The number of anilines is 3. The molecule has 0 aliphatic carbocycles. The van der Waals surface area contributed by atoms with E-state index in [0.717, 1.165) is 63.6 Å². The highest BCUT2D eigenvalue weighted by atomic mass is 16.5. The highest BCUT2D eigenvalue weighted by Gasteiger charge is 2.46. The second-order valence-corrected chi connectivity index (χ2v) is 8.00. The number of likely N-dealkylation sites (tertiary alicyclic amines) is 1. The summed E-state index contributed by atoms with van der Waals surface area (Å²) in [5, 5.41) is 9.42. The van der Waals surface area contributed by atoms with Crippen LogP contribution < -0.4 is 15.5 Å². The summed E-state index contributed by atoms with van der Waals surface area (Å²) < 4.78 is 5.41. The van der Waals surface area contributed by atoms with Crippen molar-refractivity contribution in [3.8, 4) is 0 Å². The summed E-state index contributed by atoms with van der Waals surface area (Å²) >= 11 is 0. The number of carboxylic acid groups (broad SMARTS) is 1. The number of carbonyl (C=O) groups is 1. The number of piperidine rings is 1. The zero-order valence-corrected chi connectivity index (χ0v) is 15.8. The fourth-order valence-corrected chi connectivity index (χ4v) is 4.67. The Labute approximate surface area is 159 Å². The van der Waals surface area contributed by atoms with Gasteiger partial charge in [0.1, 0.15) is 17.7 Å². The number of nitrogens with two attached hydrogens (primary N) is 1. The van der Waals surface area contributed by atoms with Crippen molar-refractivity contribution < 1.29 is 14.6 Å². The molecule has 0 unspecified atom stereocenters. The SMILES string of the molecule is CN1CC2(CCN(c3cc(N4CCOCC4)nc(N)n3)CC2)C[C@@H]1C(=O)O. The third-order valence-electron chi connectivity index (χ3n) is 6.23. The maximum atomic E-state index is 11.5. The lowest BCUT2D eigenvalue weighted by molar-refractivity contribution is -0.141. The summed E-state index contributed by atoms with van der Waals surface area (Å²) in [4.78, 5) is 26.7. The van der Waals surface area contributed by atoms with Gasteiger partial charge in [0.15, 0.2) is 0 Å². The zero-order valence-electron chi connectivity index (χ0n) is 15.8. The van der Waals surface area contributed by atoms with Crippen molar-refractivity contribution in [1.29, 1.82) is 0 Å². The summed E-state index contributed by atoms with van der Waals surface area (Å²) in [5.41, 5.74) is 6.08. The van der Waals surface area contributed by atoms with Crippen LogP contribution in [0.25, 0.3) is 0 Å². The molecule has 3 fully saturated rings. The second kappa shape index (κ2) is 7.12. The van der Waals surface area contributed by atoms with Crippen molar-refractivity contribution in [2.24, 2.45) is 5.41 Å². The molecule has 4 heterocycles. The normalized spacial score (nSPS) is 25.9. The van der Waals surface area contributed by atoms with Crippen molar-refractivity contribution in [1.82, 2.24) is 14.9 Å². The molecular formula is C18H28N6O3. The summed E-state index contributed by atoms with van der Waals surface area (Å²) in [6, 6.07) is 1.65. The van der Waals surface area contributed by atoms with E-state index in [2.05, 4.69) is 19.8 Å². The molecule has 1 aromatic rings. The Morgan fingerprint density at radius 2 is 1.78 bits per heavy atom. The Bertz CT molecular complexity index is 700. The van der Waals surface area contributed by atoms with E-state index in [-0.39, 0.29) is 11.5 Å². The van der Waals surface area contributed by atoms with Gasteiger partial charge in [-0.15, -0.1) is 0 Å². The quantitative estimate of drug-likeness (QED) is 0.768. The second-order valence-electron chi connectivity index (χ2n) is 8.00. The molecule has 9 nitrogen and oxygen atoms in total. The highest BCUT2D eigenvalue weighted by molar-refractivity contribution is 5.74. The van der Waals surface area contributed by atoms with Crippen LogP contribution in [0.3, 0.4) is 0 Å². The molecule has 1 aromatic heterocycles. The standard InChI is InChI=1S/C18H28N6O3/c1-22-12-18(11-13(22)16(25)26)2-4-23(5-3-18)14-10-15(21-17(19)20-14)24-6-8-27-9-7-24/h10,13H,2-9,11-12H2,1H3,(H,25,26)(H2,19,20,21)/t13-/m1/s1. The number of hydrogen-bond donors (Lipinski definition) is 2. The Balaban J connectivity index is 1.45. The minimum atomic E-state index is -0.712. The van der Waals surface area contributed by atoms with Gasteiger partial charge in [0, 0.05) is 38.8 Å². The maximum Gasteiger partial charge on any atom is 0.320 e. The van der Waals surface area contributed by atoms with E-state index < -0.39 is 5.97 Å². The minimum absolute atomic E-state index is 0.0971. The topological polar surface area (TPSA) is 108 Å². The molecular weight excluding hydrogens is 348 g/mol. The van der Waals surface area contributed by atoms with Crippen molar-refractivity contribution >= 4 is 23.6 Å². The molecule has 3 N–H and O–H groups in total. The number of aromatic nitrogens is 2. The molecule has 0 amide bonds. The van der Waals surface area contributed by atoms with Crippen LogP contribution in [-0.4, -0.2) is 85.0 Å². The van der Waals surface area contributed by atoms with E-state index in [1.807, 2.05) is 18.0 Å². The number of morpholine rings is 1. The number of carboxylic acids is 1. The summed E-state index contributed by atoms with van der Waals surface area (Å²) in [7, 11) is 1.92. The average molecular weight is 376 g/mol. The smallest absolute Gasteiger partial charge is 0.320 e. The number of rotatable bonds is 3. The van der Waals surface area contributed by atoms with Crippen molar-refractivity contribution in [2.45, 2.75) is 25.3 Å². The van der Waals surface area contributed by atoms with Crippen LogP contribution in [0.4, 0.5) is 17.6 Å². The molecule has 0 bridgehead atoms. The summed E-state index contributed by atoms with van der Waals surface area (Å²) in [6.07, 6.45) is 2.67. The van der Waals surface area contributed by atoms with Gasteiger partial charge in [-0.05, 0) is 31.7 Å². The molecule has 0 saturated carbocycles. The van der Waals surface area contributed by atoms with Gasteiger partial charge in [-0.3, -0.25) is 9.69 Å². The van der Waals surface area contributed by atoms with Crippen LogP contribution in [0.5, 0.6) is 0 Å². The van der Waals surface area contributed by atoms with Gasteiger partial charge in [0.2, 0.25) is 5.95 Å². The Morgan fingerprint density at radius 3 is 2.33 bits per heavy atom. The highest BCUT2D eigenvalue weighted by Crippen LogP contribution is 2.43. The molecule has 3 aliphatic rings. The molecule has 3 aliphatic heterocycles. The number of aliphatic carboxylic acids is 1. The third-order valence-corrected chi connectivity index (χ3v) is 6.23. The van der Waals surface area contributed by atoms with E-state index >= 15 is 0 Å². The first kappa shape index (κ1) is 18.2. The van der Waals surface area contributed by atoms with Crippen LogP contribution in [0, 0.1) is 5.41 Å². The van der Waals surface area contributed by atoms with Gasteiger partial charge >= 0.3 is 5.97 Å². The number of hydrogen-bond acceptors (Lipinski definition) is 8. The van der Waals surface area contributed by atoms with E-state index in [1.165, 1.54) is 0 Å². The lowest BCUT2D eigenvalue weighted by atomic mass is 9.76. The Hall–Kier alpha value is -2.13. The molecule has 3 saturated heterocycles. The minimum Gasteiger partial charge on any atom is -0.480 e. The maximum absolute atomic E-state index is 11.5. The van der Waals surface area contributed by atoms with E-state index in [9.17, 15) is 9.90 Å². The molecule has 27 heavy (non-hydrogen) atoms. The number of nitrogens with zero attached hydrogens (tertiary/aromatic N) is 5. The number of nitrogen functional groups attached to an aromatic ring is 1. The van der Waals surface area contributed by atoms with Gasteiger partial charge in [-0.1, -0.05) is 0 Å². The monoisotopic (exact) mass is 376 g/mol.